The van der Waals surface area contributed by atoms with Crippen LogP contribution in [-0.4, -0.2) is 40.9 Å². The van der Waals surface area contributed by atoms with Crippen molar-refractivity contribution in [3.63, 3.8) is 0 Å². The number of hydrogen-bond acceptors (Lipinski definition) is 2. The molecule has 1 saturated heterocycles. The third-order valence-electron chi connectivity index (χ3n) is 4.75. The Labute approximate surface area is 127 Å². The number of amides is 1. The molecule has 1 heterocycles. The molecule has 114 valence electrons. The Hall–Kier alpha value is -1.35. The maximum atomic E-state index is 12.6. The van der Waals surface area contributed by atoms with Crippen molar-refractivity contribution in [3.05, 3.63) is 35.9 Å². The second-order valence-corrected chi connectivity index (χ2v) is 6.55. The minimum absolute atomic E-state index is 0.324. The van der Waals surface area contributed by atoms with Crippen LogP contribution in [0.3, 0.4) is 0 Å². The topological polar surface area (TPSA) is 23.6 Å². The monoisotopic (exact) mass is 286 g/mol. The fraction of sp³-hybridized carbons (Fsp3) is 0.611. The van der Waals surface area contributed by atoms with Crippen molar-refractivity contribution in [2.24, 2.45) is 0 Å². The van der Waals surface area contributed by atoms with Gasteiger partial charge in [0.1, 0.15) is 0 Å². The summed E-state index contributed by atoms with van der Waals surface area (Å²) in [7, 11) is 0. The summed E-state index contributed by atoms with van der Waals surface area (Å²) >= 11 is 0. The quantitative estimate of drug-likeness (QED) is 0.830. The van der Waals surface area contributed by atoms with Crippen LogP contribution in [0.5, 0.6) is 0 Å². The number of benzene rings is 1. The first-order valence-electron chi connectivity index (χ1n) is 8.31. The van der Waals surface area contributed by atoms with E-state index in [1.807, 2.05) is 6.07 Å². The smallest absolute Gasteiger partial charge is 0.237 e. The Kier molecular flexibility index (Phi) is 4.59. The normalized spacial score (nSPS) is 22.6. The molecule has 1 amide bonds. The van der Waals surface area contributed by atoms with Crippen LogP contribution < -0.4 is 0 Å². The summed E-state index contributed by atoms with van der Waals surface area (Å²) in [6, 6.07) is 11.6. The lowest BCUT2D eigenvalue weighted by Gasteiger charge is -2.35. The molecule has 1 aliphatic carbocycles. The molecule has 1 atom stereocenters. The molecule has 0 aromatic heterocycles. The second-order valence-electron chi connectivity index (χ2n) is 6.55. The Morgan fingerprint density at radius 3 is 2.62 bits per heavy atom. The SMILES string of the molecule is CC1CCCCN1C(=O)CN(Cc1ccccc1)C1CC1. The third kappa shape index (κ3) is 3.85. The molecule has 0 bridgehead atoms. The van der Waals surface area contributed by atoms with Crippen LogP contribution in [0.4, 0.5) is 0 Å². The van der Waals surface area contributed by atoms with Gasteiger partial charge in [-0.3, -0.25) is 9.69 Å². The van der Waals surface area contributed by atoms with Crippen LogP contribution in [-0.2, 0) is 11.3 Å². The van der Waals surface area contributed by atoms with E-state index in [1.54, 1.807) is 0 Å². The number of carbonyl (C=O) groups excluding carboxylic acids is 1. The van der Waals surface area contributed by atoms with E-state index in [-0.39, 0.29) is 0 Å². The van der Waals surface area contributed by atoms with Gasteiger partial charge in [0.2, 0.25) is 5.91 Å². The first-order chi connectivity index (χ1) is 10.2. The van der Waals surface area contributed by atoms with Gasteiger partial charge in [0.15, 0.2) is 0 Å². The Bertz CT molecular complexity index is 469. The fourth-order valence-electron chi connectivity index (χ4n) is 3.30. The zero-order valence-corrected chi connectivity index (χ0v) is 13.0. The molecule has 0 N–H and O–H groups in total. The summed E-state index contributed by atoms with van der Waals surface area (Å²) in [5, 5.41) is 0. The van der Waals surface area contributed by atoms with E-state index in [0.29, 0.717) is 24.5 Å². The number of likely N-dealkylation sites (tertiary alicyclic amines) is 1. The average molecular weight is 286 g/mol. The molecular formula is C18H26N2O. The number of hydrogen-bond donors (Lipinski definition) is 0. The number of rotatable bonds is 5. The van der Waals surface area contributed by atoms with E-state index >= 15 is 0 Å². The lowest BCUT2D eigenvalue weighted by Crippen LogP contribution is -2.47. The zero-order chi connectivity index (χ0) is 14.7. The fourth-order valence-corrected chi connectivity index (χ4v) is 3.30. The second kappa shape index (κ2) is 6.61. The van der Waals surface area contributed by atoms with Gasteiger partial charge >= 0.3 is 0 Å². The van der Waals surface area contributed by atoms with Crippen LogP contribution in [0.25, 0.3) is 0 Å². The Morgan fingerprint density at radius 1 is 1.19 bits per heavy atom. The van der Waals surface area contributed by atoms with Crippen LogP contribution >= 0.6 is 0 Å². The highest BCUT2D eigenvalue weighted by Gasteiger charge is 2.32. The zero-order valence-electron chi connectivity index (χ0n) is 13.0. The van der Waals surface area contributed by atoms with Gasteiger partial charge in [0.05, 0.1) is 6.54 Å². The number of nitrogens with zero attached hydrogens (tertiary/aromatic N) is 2. The molecule has 1 unspecified atom stereocenters. The lowest BCUT2D eigenvalue weighted by atomic mass is 10.0. The maximum absolute atomic E-state index is 12.6. The van der Waals surface area contributed by atoms with Gasteiger partial charge in [-0.2, -0.15) is 0 Å². The molecule has 2 fully saturated rings. The van der Waals surface area contributed by atoms with Gasteiger partial charge in [-0.25, -0.2) is 0 Å². The Balaban J connectivity index is 1.61. The van der Waals surface area contributed by atoms with Crippen LogP contribution in [0, 0.1) is 0 Å². The predicted octanol–water partition coefficient (Wildman–Crippen LogP) is 3.05. The van der Waals surface area contributed by atoms with Crippen LogP contribution in [0.1, 0.15) is 44.6 Å². The summed E-state index contributed by atoms with van der Waals surface area (Å²) in [6.45, 7) is 4.63. The molecule has 0 radical (unpaired) electrons. The van der Waals surface area contributed by atoms with Gasteiger partial charge < -0.3 is 4.90 Å². The molecule has 21 heavy (non-hydrogen) atoms. The van der Waals surface area contributed by atoms with Gasteiger partial charge in [-0.1, -0.05) is 30.3 Å². The van der Waals surface area contributed by atoms with Crippen molar-refractivity contribution in [1.82, 2.24) is 9.80 Å². The first-order valence-corrected chi connectivity index (χ1v) is 8.31. The highest BCUT2D eigenvalue weighted by Crippen LogP contribution is 2.28. The van der Waals surface area contributed by atoms with Crippen LogP contribution in [0.2, 0.25) is 0 Å². The molecular weight excluding hydrogens is 260 g/mol. The van der Waals surface area contributed by atoms with Crippen molar-refractivity contribution < 1.29 is 4.79 Å². The van der Waals surface area contributed by atoms with Crippen molar-refractivity contribution >= 4 is 5.91 Å². The molecule has 3 nitrogen and oxygen atoms in total. The molecule has 1 saturated carbocycles. The first kappa shape index (κ1) is 14.6. The highest BCUT2D eigenvalue weighted by atomic mass is 16.2. The number of carbonyl (C=O) groups is 1. The van der Waals surface area contributed by atoms with Crippen molar-refractivity contribution in [1.29, 1.82) is 0 Å². The van der Waals surface area contributed by atoms with E-state index in [2.05, 4.69) is 41.0 Å². The van der Waals surface area contributed by atoms with Gasteiger partial charge in [0, 0.05) is 25.2 Å². The van der Waals surface area contributed by atoms with E-state index in [4.69, 9.17) is 0 Å². The van der Waals surface area contributed by atoms with Gasteiger partial charge in [0.25, 0.3) is 0 Å². The third-order valence-corrected chi connectivity index (χ3v) is 4.75. The van der Waals surface area contributed by atoms with Crippen molar-refractivity contribution in [2.45, 2.75) is 57.7 Å². The van der Waals surface area contributed by atoms with E-state index in [0.717, 1.165) is 25.9 Å². The summed E-state index contributed by atoms with van der Waals surface area (Å²) in [5.41, 5.74) is 1.31. The van der Waals surface area contributed by atoms with E-state index in [9.17, 15) is 4.79 Å². The molecule has 2 aliphatic rings. The highest BCUT2D eigenvalue weighted by molar-refractivity contribution is 5.78. The predicted molar refractivity (Wildman–Crippen MR) is 84.9 cm³/mol. The summed E-state index contributed by atoms with van der Waals surface area (Å²) < 4.78 is 0. The molecule has 1 aliphatic heterocycles. The van der Waals surface area contributed by atoms with Gasteiger partial charge in [-0.05, 0) is 44.6 Å². The standard InChI is InChI=1S/C18H26N2O/c1-15-7-5-6-12-20(15)18(21)14-19(17-10-11-17)13-16-8-3-2-4-9-16/h2-4,8-9,15,17H,5-7,10-14H2,1H3. The number of piperidine rings is 1. The lowest BCUT2D eigenvalue weighted by molar-refractivity contribution is -0.136. The Morgan fingerprint density at radius 2 is 1.95 bits per heavy atom. The van der Waals surface area contributed by atoms with E-state index < -0.39 is 0 Å². The molecule has 3 rings (SSSR count). The molecule has 1 aromatic carbocycles. The summed E-state index contributed by atoms with van der Waals surface area (Å²) in [5.74, 6) is 0.324. The largest absolute Gasteiger partial charge is 0.339 e. The summed E-state index contributed by atoms with van der Waals surface area (Å²) in [4.78, 5) is 17.1. The molecule has 1 aromatic rings. The van der Waals surface area contributed by atoms with Crippen molar-refractivity contribution in [3.8, 4) is 0 Å². The minimum atomic E-state index is 0.324. The van der Waals surface area contributed by atoms with Crippen LogP contribution in [0.15, 0.2) is 30.3 Å². The average Bonchev–Trinajstić information content (AvgIpc) is 3.32. The molecule has 3 heteroatoms. The van der Waals surface area contributed by atoms with Crippen molar-refractivity contribution in [2.75, 3.05) is 13.1 Å². The van der Waals surface area contributed by atoms with Gasteiger partial charge in [-0.15, -0.1) is 0 Å². The van der Waals surface area contributed by atoms with E-state index in [1.165, 1.54) is 24.8 Å². The maximum Gasteiger partial charge on any atom is 0.237 e. The molecule has 0 spiro atoms. The minimum Gasteiger partial charge on any atom is -0.339 e. The summed E-state index contributed by atoms with van der Waals surface area (Å²) in [6.07, 6.45) is 6.08.